The molecule has 1 aromatic heterocycles. The largest absolute Gasteiger partial charge is 0.486 e. The van der Waals surface area contributed by atoms with E-state index in [9.17, 15) is 4.79 Å². The maximum Gasteiger partial charge on any atom is 0.306 e. The Balaban J connectivity index is 1.81. The van der Waals surface area contributed by atoms with Crippen LogP contribution in [0.25, 0.3) is 11.0 Å². The Morgan fingerprint density at radius 2 is 2.30 bits per heavy atom. The van der Waals surface area contributed by atoms with Crippen molar-refractivity contribution in [1.82, 2.24) is 0 Å². The van der Waals surface area contributed by atoms with Crippen LogP contribution in [-0.2, 0) is 11.2 Å². The Hall–Kier alpha value is -2.23. The number of hydrogen-bond donors (Lipinski definition) is 1. The third-order valence-corrected chi connectivity index (χ3v) is 3.69. The first kappa shape index (κ1) is 12.8. The van der Waals surface area contributed by atoms with E-state index in [1.54, 1.807) is 6.26 Å². The van der Waals surface area contributed by atoms with Gasteiger partial charge in [0.2, 0.25) is 0 Å². The van der Waals surface area contributed by atoms with Crippen LogP contribution in [0.2, 0.25) is 0 Å². The summed E-state index contributed by atoms with van der Waals surface area (Å²) >= 11 is 0. The van der Waals surface area contributed by atoms with E-state index < -0.39 is 5.97 Å². The van der Waals surface area contributed by atoms with Gasteiger partial charge in [-0.1, -0.05) is 6.08 Å². The zero-order valence-electron chi connectivity index (χ0n) is 11.0. The highest BCUT2D eigenvalue weighted by Gasteiger charge is 2.36. The van der Waals surface area contributed by atoms with Gasteiger partial charge in [-0.3, -0.25) is 4.79 Å². The van der Waals surface area contributed by atoms with Gasteiger partial charge in [0.25, 0.3) is 0 Å². The van der Waals surface area contributed by atoms with Crippen LogP contribution in [0.3, 0.4) is 0 Å². The van der Waals surface area contributed by atoms with Crippen LogP contribution in [-0.4, -0.2) is 17.2 Å². The molecule has 4 nitrogen and oxygen atoms in total. The fraction of sp³-hybridized carbons (Fsp3) is 0.312. The molecule has 1 N–H and O–H groups in total. The minimum Gasteiger partial charge on any atom is -0.486 e. The van der Waals surface area contributed by atoms with E-state index in [2.05, 4.69) is 6.58 Å². The number of ether oxygens (including phenoxy) is 1. The SMILES string of the molecule is C=CCc1cc(OC2CC(C(=O)O)C2)c2occc2c1. The second-order valence-corrected chi connectivity index (χ2v) is 5.17. The Labute approximate surface area is 116 Å². The smallest absolute Gasteiger partial charge is 0.306 e. The number of carbonyl (C=O) groups is 1. The molecule has 4 heteroatoms. The fourth-order valence-electron chi connectivity index (χ4n) is 2.52. The zero-order valence-corrected chi connectivity index (χ0v) is 11.0. The summed E-state index contributed by atoms with van der Waals surface area (Å²) in [5.41, 5.74) is 1.83. The molecule has 1 saturated carbocycles. The standard InChI is InChI=1S/C16H16O4/c1-2-3-10-6-11-4-5-19-15(11)14(7-10)20-13-8-12(9-13)16(17)18/h2,4-7,12-13H,1,3,8-9H2,(H,17,18). The molecule has 2 aromatic rings. The van der Waals surface area contributed by atoms with Crippen molar-refractivity contribution >= 4 is 16.9 Å². The topological polar surface area (TPSA) is 59.7 Å². The highest BCUT2D eigenvalue weighted by atomic mass is 16.5. The molecule has 1 aliphatic rings. The molecule has 0 unspecified atom stereocenters. The molecule has 1 fully saturated rings. The van der Waals surface area contributed by atoms with Crippen LogP contribution in [0.5, 0.6) is 5.75 Å². The lowest BCUT2D eigenvalue weighted by Gasteiger charge is -2.32. The van der Waals surface area contributed by atoms with Crippen LogP contribution in [0.4, 0.5) is 0 Å². The third-order valence-electron chi connectivity index (χ3n) is 3.69. The Morgan fingerprint density at radius 3 is 3.00 bits per heavy atom. The summed E-state index contributed by atoms with van der Waals surface area (Å²) in [5, 5.41) is 9.88. The summed E-state index contributed by atoms with van der Waals surface area (Å²) in [4.78, 5) is 10.8. The van der Waals surface area contributed by atoms with E-state index >= 15 is 0 Å². The normalized spacial score (nSPS) is 21.4. The van der Waals surface area contributed by atoms with Gasteiger partial charge in [-0.2, -0.15) is 0 Å². The van der Waals surface area contributed by atoms with Crippen LogP contribution in [0.15, 0.2) is 41.5 Å². The van der Waals surface area contributed by atoms with Gasteiger partial charge >= 0.3 is 5.97 Å². The molecule has 0 aliphatic heterocycles. The predicted octanol–water partition coefficient (Wildman–Crippen LogP) is 3.40. The van der Waals surface area contributed by atoms with E-state index in [1.165, 1.54) is 0 Å². The molecule has 104 valence electrons. The summed E-state index contributed by atoms with van der Waals surface area (Å²) < 4.78 is 11.4. The Kier molecular flexibility index (Phi) is 3.22. The van der Waals surface area contributed by atoms with E-state index in [4.69, 9.17) is 14.3 Å². The average Bonchev–Trinajstić information content (AvgIpc) is 2.81. The number of benzene rings is 1. The number of rotatable bonds is 5. The summed E-state index contributed by atoms with van der Waals surface area (Å²) in [7, 11) is 0. The number of aliphatic carboxylic acids is 1. The molecule has 0 amide bonds. The van der Waals surface area contributed by atoms with Crippen LogP contribution < -0.4 is 4.74 Å². The van der Waals surface area contributed by atoms with Crippen LogP contribution in [0, 0.1) is 5.92 Å². The Morgan fingerprint density at radius 1 is 1.50 bits per heavy atom. The number of carboxylic acid groups (broad SMARTS) is 1. The summed E-state index contributed by atoms with van der Waals surface area (Å²) in [6, 6.07) is 5.89. The number of fused-ring (bicyclic) bond motifs is 1. The summed E-state index contributed by atoms with van der Waals surface area (Å²) in [6.07, 6.45) is 5.32. The monoisotopic (exact) mass is 272 g/mol. The molecule has 0 spiro atoms. The van der Waals surface area contributed by atoms with Crippen molar-refractivity contribution in [2.24, 2.45) is 5.92 Å². The number of furan rings is 1. The van der Waals surface area contributed by atoms with Gasteiger partial charge < -0.3 is 14.3 Å². The number of carboxylic acids is 1. The minimum atomic E-state index is -0.742. The third kappa shape index (κ3) is 2.29. The summed E-state index contributed by atoms with van der Waals surface area (Å²) in [5.74, 6) is -0.324. The molecular formula is C16H16O4. The first-order chi connectivity index (χ1) is 9.67. The number of hydrogen-bond acceptors (Lipinski definition) is 3. The maximum absolute atomic E-state index is 10.8. The highest BCUT2D eigenvalue weighted by Crippen LogP contribution is 2.35. The Bertz CT molecular complexity index is 650. The maximum atomic E-state index is 10.8. The lowest BCUT2D eigenvalue weighted by Crippen LogP contribution is -2.38. The van der Waals surface area contributed by atoms with Crippen molar-refractivity contribution < 1.29 is 19.1 Å². The van der Waals surface area contributed by atoms with Gasteiger partial charge in [0.1, 0.15) is 6.10 Å². The lowest BCUT2D eigenvalue weighted by atomic mass is 9.82. The van der Waals surface area contributed by atoms with Crippen molar-refractivity contribution in [3.05, 3.63) is 42.7 Å². The summed E-state index contributed by atoms with van der Waals surface area (Å²) in [6.45, 7) is 3.74. The first-order valence-electron chi connectivity index (χ1n) is 6.68. The first-order valence-corrected chi connectivity index (χ1v) is 6.68. The van der Waals surface area contributed by atoms with Gasteiger partial charge in [0.05, 0.1) is 12.2 Å². The zero-order chi connectivity index (χ0) is 14.1. The van der Waals surface area contributed by atoms with E-state index in [1.807, 2.05) is 24.3 Å². The predicted molar refractivity (Wildman–Crippen MR) is 74.9 cm³/mol. The van der Waals surface area contributed by atoms with E-state index in [0.717, 1.165) is 23.0 Å². The minimum absolute atomic E-state index is 0.0385. The average molecular weight is 272 g/mol. The molecule has 3 rings (SSSR count). The van der Waals surface area contributed by atoms with E-state index in [0.29, 0.717) is 18.6 Å². The molecule has 0 atom stereocenters. The molecule has 0 bridgehead atoms. The van der Waals surface area contributed by atoms with Crippen molar-refractivity contribution in [2.45, 2.75) is 25.4 Å². The molecule has 1 aromatic carbocycles. The molecule has 0 saturated heterocycles. The second-order valence-electron chi connectivity index (χ2n) is 5.17. The molecule has 0 radical (unpaired) electrons. The molecule has 1 aliphatic carbocycles. The highest BCUT2D eigenvalue weighted by molar-refractivity contribution is 5.84. The van der Waals surface area contributed by atoms with Gasteiger partial charge in [0, 0.05) is 5.39 Å². The van der Waals surface area contributed by atoms with Crippen molar-refractivity contribution in [3.8, 4) is 5.75 Å². The van der Waals surface area contributed by atoms with Gasteiger partial charge in [-0.15, -0.1) is 6.58 Å². The molecule has 20 heavy (non-hydrogen) atoms. The van der Waals surface area contributed by atoms with Gasteiger partial charge in [-0.25, -0.2) is 0 Å². The van der Waals surface area contributed by atoms with Crippen molar-refractivity contribution in [1.29, 1.82) is 0 Å². The van der Waals surface area contributed by atoms with E-state index in [-0.39, 0.29) is 12.0 Å². The fourth-order valence-corrected chi connectivity index (χ4v) is 2.52. The second kappa shape index (κ2) is 5.04. The van der Waals surface area contributed by atoms with Gasteiger partial charge in [-0.05, 0) is 43.0 Å². The van der Waals surface area contributed by atoms with Crippen molar-refractivity contribution in [2.75, 3.05) is 0 Å². The van der Waals surface area contributed by atoms with Crippen LogP contribution >= 0.6 is 0 Å². The number of allylic oxidation sites excluding steroid dienone is 1. The van der Waals surface area contributed by atoms with Crippen LogP contribution in [0.1, 0.15) is 18.4 Å². The van der Waals surface area contributed by atoms with Crippen molar-refractivity contribution in [3.63, 3.8) is 0 Å². The quantitative estimate of drug-likeness (QED) is 0.847. The molecular weight excluding hydrogens is 256 g/mol. The molecule has 1 heterocycles. The lowest BCUT2D eigenvalue weighted by molar-refractivity contribution is -0.147. The van der Waals surface area contributed by atoms with Gasteiger partial charge in [0.15, 0.2) is 11.3 Å².